The first-order chi connectivity index (χ1) is 6.65. The zero-order valence-corrected chi connectivity index (χ0v) is 8.52. The predicted molar refractivity (Wildman–Crippen MR) is 51.5 cm³/mol. The van der Waals surface area contributed by atoms with E-state index in [4.69, 9.17) is 17.0 Å². The van der Waals surface area contributed by atoms with E-state index in [-0.39, 0.29) is 29.4 Å². The van der Waals surface area contributed by atoms with Crippen LogP contribution in [0.1, 0.15) is 13.3 Å². The molecule has 1 aromatic rings. The summed E-state index contributed by atoms with van der Waals surface area (Å²) in [5, 5.41) is 4.80. The van der Waals surface area contributed by atoms with Crippen LogP contribution in [-0.4, -0.2) is 27.3 Å². The highest BCUT2D eigenvalue weighted by molar-refractivity contribution is 7.71. The zero-order valence-electron chi connectivity index (χ0n) is 7.70. The van der Waals surface area contributed by atoms with Crippen molar-refractivity contribution >= 4 is 18.2 Å². The summed E-state index contributed by atoms with van der Waals surface area (Å²) in [7, 11) is 0. The van der Waals surface area contributed by atoms with Crippen LogP contribution in [0.15, 0.2) is 4.79 Å². The fourth-order valence-electron chi connectivity index (χ4n) is 0.973. The average molecular weight is 217 g/mol. The highest BCUT2D eigenvalue weighted by atomic mass is 32.1. The van der Waals surface area contributed by atoms with Crippen molar-refractivity contribution in [3.05, 3.63) is 15.3 Å². The van der Waals surface area contributed by atoms with E-state index in [1.54, 1.807) is 6.92 Å². The van der Waals surface area contributed by atoms with Crippen LogP contribution in [0.5, 0.6) is 0 Å². The molecular formula is C7H11N3O3S. The topological polar surface area (TPSA) is 79.9 Å². The minimum Gasteiger partial charge on any atom is -0.466 e. The van der Waals surface area contributed by atoms with Gasteiger partial charge in [0.2, 0.25) is 0 Å². The van der Waals surface area contributed by atoms with Crippen molar-refractivity contribution in [3.63, 3.8) is 0 Å². The molecule has 0 aliphatic rings. The third-order valence-corrected chi connectivity index (χ3v) is 1.93. The molecule has 14 heavy (non-hydrogen) atoms. The number of hydrogen-bond acceptors (Lipinski definition) is 4. The lowest BCUT2D eigenvalue weighted by Gasteiger charge is -2.00. The lowest BCUT2D eigenvalue weighted by atomic mass is 10.4. The van der Waals surface area contributed by atoms with Gasteiger partial charge in [0, 0.05) is 6.54 Å². The van der Waals surface area contributed by atoms with Crippen LogP contribution >= 0.6 is 12.2 Å². The second-order valence-corrected chi connectivity index (χ2v) is 2.95. The average Bonchev–Trinajstić information content (AvgIpc) is 2.44. The first-order valence-corrected chi connectivity index (χ1v) is 4.59. The van der Waals surface area contributed by atoms with Gasteiger partial charge in [0.05, 0.1) is 13.0 Å². The number of esters is 1. The van der Waals surface area contributed by atoms with Crippen LogP contribution in [0, 0.1) is 4.77 Å². The summed E-state index contributed by atoms with van der Waals surface area (Å²) in [5.41, 5.74) is -0.348. The number of carbonyl (C=O) groups excluding carboxylic acids is 1. The summed E-state index contributed by atoms with van der Waals surface area (Å²) in [5.74, 6) is -0.338. The number of nitrogens with one attached hydrogen (secondary N) is 2. The Morgan fingerprint density at radius 1 is 1.57 bits per heavy atom. The molecule has 1 rings (SSSR count). The third kappa shape index (κ3) is 2.56. The molecule has 0 unspecified atom stereocenters. The number of H-pyrrole nitrogens is 2. The van der Waals surface area contributed by atoms with Gasteiger partial charge in [-0.3, -0.25) is 14.5 Å². The summed E-state index contributed by atoms with van der Waals surface area (Å²) >= 11 is 4.81. The Morgan fingerprint density at radius 3 is 2.79 bits per heavy atom. The van der Waals surface area contributed by atoms with Crippen LogP contribution in [0.2, 0.25) is 0 Å². The summed E-state index contributed by atoms with van der Waals surface area (Å²) in [6.07, 6.45) is 0.142. The van der Waals surface area contributed by atoms with E-state index in [1.165, 1.54) is 4.57 Å². The standard InChI is InChI=1S/C7H11N3O3S/c1-2-13-5(11)3-4-10-6(12)8-9-7(10)14/h2-4H2,1H3,(H,8,12)(H,9,14). The molecule has 7 heteroatoms. The molecule has 78 valence electrons. The first kappa shape index (κ1) is 10.7. The molecule has 0 saturated heterocycles. The van der Waals surface area contributed by atoms with Crippen LogP contribution in [-0.2, 0) is 16.1 Å². The quantitative estimate of drug-likeness (QED) is 0.557. The summed E-state index contributed by atoms with van der Waals surface area (Å²) < 4.78 is 6.26. The largest absolute Gasteiger partial charge is 0.466 e. The number of carbonyl (C=O) groups is 1. The van der Waals surface area contributed by atoms with Crippen LogP contribution in [0.25, 0.3) is 0 Å². The molecule has 1 heterocycles. The van der Waals surface area contributed by atoms with Crippen molar-refractivity contribution < 1.29 is 9.53 Å². The van der Waals surface area contributed by atoms with E-state index in [1.807, 2.05) is 0 Å². The molecular weight excluding hydrogens is 206 g/mol. The van der Waals surface area contributed by atoms with Crippen molar-refractivity contribution in [1.82, 2.24) is 14.8 Å². The molecule has 0 aliphatic carbocycles. The van der Waals surface area contributed by atoms with Gasteiger partial charge in [-0.25, -0.2) is 9.89 Å². The Hall–Kier alpha value is -1.37. The number of nitrogens with zero attached hydrogens (tertiary/aromatic N) is 1. The third-order valence-electron chi connectivity index (χ3n) is 1.61. The molecule has 2 N–H and O–H groups in total. The first-order valence-electron chi connectivity index (χ1n) is 4.18. The number of aromatic amines is 2. The van der Waals surface area contributed by atoms with E-state index < -0.39 is 0 Å². The van der Waals surface area contributed by atoms with Gasteiger partial charge in [0.15, 0.2) is 4.77 Å². The minimum atomic E-state index is -0.348. The molecule has 0 aromatic carbocycles. The van der Waals surface area contributed by atoms with E-state index in [0.29, 0.717) is 6.61 Å². The lowest BCUT2D eigenvalue weighted by molar-refractivity contribution is -0.143. The normalized spacial score (nSPS) is 10.1. The maximum absolute atomic E-state index is 11.1. The molecule has 0 aliphatic heterocycles. The molecule has 6 nitrogen and oxygen atoms in total. The number of ether oxygens (including phenoxy) is 1. The summed E-state index contributed by atoms with van der Waals surface area (Å²) in [6.45, 7) is 2.30. The van der Waals surface area contributed by atoms with E-state index >= 15 is 0 Å². The fraction of sp³-hybridized carbons (Fsp3) is 0.571. The SMILES string of the molecule is CCOC(=O)CCn1c(=O)[nH][nH]c1=S. The number of hydrogen-bond donors (Lipinski definition) is 2. The van der Waals surface area contributed by atoms with Gasteiger partial charge in [-0.1, -0.05) is 0 Å². The Kier molecular flexibility index (Phi) is 3.63. The number of rotatable bonds is 4. The van der Waals surface area contributed by atoms with E-state index in [0.717, 1.165) is 0 Å². The van der Waals surface area contributed by atoms with Crippen molar-refractivity contribution in [2.45, 2.75) is 19.9 Å². The van der Waals surface area contributed by atoms with E-state index in [2.05, 4.69) is 10.2 Å². The van der Waals surface area contributed by atoms with Gasteiger partial charge in [0.25, 0.3) is 0 Å². The van der Waals surface area contributed by atoms with Crippen LogP contribution in [0.4, 0.5) is 0 Å². The van der Waals surface area contributed by atoms with Gasteiger partial charge in [-0.05, 0) is 19.1 Å². The molecule has 0 bridgehead atoms. The molecule has 0 amide bonds. The molecule has 0 saturated carbocycles. The van der Waals surface area contributed by atoms with Crippen molar-refractivity contribution in [1.29, 1.82) is 0 Å². The van der Waals surface area contributed by atoms with Gasteiger partial charge in [0.1, 0.15) is 0 Å². The van der Waals surface area contributed by atoms with Crippen molar-refractivity contribution in [2.75, 3.05) is 6.61 Å². The van der Waals surface area contributed by atoms with E-state index in [9.17, 15) is 9.59 Å². The molecule has 0 radical (unpaired) electrons. The maximum Gasteiger partial charge on any atom is 0.342 e. The Morgan fingerprint density at radius 2 is 2.29 bits per heavy atom. The maximum atomic E-state index is 11.1. The van der Waals surface area contributed by atoms with Gasteiger partial charge in [-0.15, -0.1) is 0 Å². The summed E-state index contributed by atoms with van der Waals surface area (Å²) in [4.78, 5) is 22.0. The Labute approximate surface area is 84.9 Å². The Balaban J connectivity index is 2.58. The minimum absolute atomic E-state index is 0.142. The van der Waals surface area contributed by atoms with Crippen LogP contribution < -0.4 is 5.69 Å². The second kappa shape index (κ2) is 4.75. The zero-order chi connectivity index (χ0) is 10.6. The molecule has 0 atom stereocenters. The number of aromatic nitrogens is 3. The monoisotopic (exact) mass is 217 g/mol. The highest BCUT2D eigenvalue weighted by Crippen LogP contribution is 1.91. The molecule has 1 aromatic heterocycles. The summed E-state index contributed by atoms with van der Waals surface area (Å²) in [6, 6.07) is 0. The Bertz CT molecular complexity index is 389. The van der Waals surface area contributed by atoms with Gasteiger partial charge in [-0.2, -0.15) is 0 Å². The van der Waals surface area contributed by atoms with Gasteiger partial charge < -0.3 is 4.74 Å². The van der Waals surface area contributed by atoms with Gasteiger partial charge >= 0.3 is 11.7 Å². The fourth-order valence-corrected chi connectivity index (χ4v) is 1.20. The highest BCUT2D eigenvalue weighted by Gasteiger charge is 2.05. The molecule has 0 spiro atoms. The van der Waals surface area contributed by atoms with Crippen molar-refractivity contribution in [2.24, 2.45) is 0 Å². The second-order valence-electron chi connectivity index (χ2n) is 2.57. The predicted octanol–water partition coefficient (Wildman–Crippen LogP) is 0.187. The van der Waals surface area contributed by atoms with Crippen molar-refractivity contribution in [3.8, 4) is 0 Å². The molecule has 0 fully saturated rings. The lowest BCUT2D eigenvalue weighted by Crippen LogP contribution is -2.19. The van der Waals surface area contributed by atoms with Crippen LogP contribution in [0.3, 0.4) is 0 Å². The smallest absolute Gasteiger partial charge is 0.342 e.